The molecule has 0 aliphatic rings. The molecule has 0 bridgehead atoms. The molecule has 2 aromatic carbocycles. The van der Waals surface area contributed by atoms with Crippen LogP contribution in [0.5, 0.6) is 0 Å². The smallest absolute Gasteiger partial charge is 0.367 e. The van der Waals surface area contributed by atoms with Crippen LogP contribution in [0.15, 0.2) is 60.0 Å². The fraction of sp³-hybridized carbons (Fsp3) is 0.286. The van der Waals surface area contributed by atoms with Crippen LogP contribution in [0, 0.1) is 6.92 Å². The Morgan fingerprint density at radius 3 is 2.45 bits per heavy atom. The Morgan fingerprint density at radius 2 is 1.77 bits per heavy atom. The predicted molar refractivity (Wildman–Crippen MR) is 111 cm³/mol. The molecule has 0 aliphatic carbocycles. The Labute approximate surface area is 181 Å². The molecule has 0 aliphatic heterocycles. The van der Waals surface area contributed by atoms with E-state index in [2.05, 4.69) is 20.3 Å². The van der Waals surface area contributed by atoms with E-state index in [1.165, 1.54) is 11.8 Å². The second kappa shape index (κ2) is 10.5. The van der Waals surface area contributed by atoms with Crippen molar-refractivity contribution in [1.82, 2.24) is 20.1 Å². The van der Waals surface area contributed by atoms with Crippen molar-refractivity contribution in [2.24, 2.45) is 0 Å². The minimum absolute atomic E-state index is 0.121. The number of hydrogen-bond acceptors (Lipinski definition) is 5. The molecule has 0 spiro atoms. The van der Waals surface area contributed by atoms with Crippen molar-refractivity contribution in [3.8, 4) is 5.69 Å². The first-order valence-electron chi connectivity index (χ1n) is 9.39. The van der Waals surface area contributed by atoms with E-state index < -0.39 is 12.8 Å². The number of benzene rings is 2. The summed E-state index contributed by atoms with van der Waals surface area (Å²) in [7, 11) is 0. The summed E-state index contributed by atoms with van der Waals surface area (Å²) in [6.45, 7) is 0.920. The van der Waals surface area contributed by atoms with Crippen molar-refractivity contribution < 1.29 is 22.7 Å². The Morgan fingerprint density at radius 1 is 1.10 bits per heavy atom. The van der Waals surface area contributed by atoms with Crippen LogP contribution < -0.4 is 5.32 Å². The lowest BCUT2D eigenvalue weighted by atomic mass is 10.1. The lowest BCUT2D eigenvalue weighted by molar-refractivity contribution is -0.176. The lowest BCUT2D eigenvalue weighted by Crippen LogP contribution is -2.24. The minimum Gasteiger partial charge on any atom is -0.367 e. The topological polar surface area (TPSA) is 69.0 Å². The van der Waals surface area contributed by atoms with Gasteiger partial charge in [0.25, 0.3) is 0 Å². The highest BCUT2D eigenvalue weighted by atomic mass is 32.2. The van der Waals surface area contributed by atoms with Crippen LogP contribution in [-0.2, 0) is 22.7 Å². The van der Waals surface area contributed by atoms with Crippen LogP contribution >= 0.6 is 11.8 Å². The highest BCUT2D eigenvalue weighted by Gasteiger charge is 2.27. The van der Waals surface area contributed by atoms with Crippen LogP contribution in [0.4, 0.5) is 13.2 Å². The van der Waals surface area contributed by atoms with Gasteiger partial charge in [-0.25, -0.2) is 0 Å². The quantitative estimate of drug-likeness (QED) is 0.498. The fourth-order valence-electron chi connectivity index (χ4n) is 2.63. The molecule has 0 saturated carbocycles. The molecule has 3 rings (SSSR count). The van der Waals surface area contributed by atoms with Crippen molar-refractivity contribution in [3.05, 3.63) is 71.5 Å². The number of nitrogens with one attached hydrogen (secondary N) is 1. The molecule has 0 atom stereocenters. The summed E-state index contributed by atoms with van der Waals surface area (Å²) in [5, 5.41) is 11.4. The summed E-state index contributed by atoms with van der Waals surface area (Å²) < 4.78 is 42.7. The second-order valence-electron chi connectivity index (χ2n) is 6.81. The number of amides is 1. The van der Waals surface area contributed by atoms with Gasteiger partial charge in [0, 0.05) is 12.2 Å². The third kappa shape index (κ3) is 7.41. The molecule has 10 heteroatoms. The van der Waals surface area contributed by atoms with E-state index in [0.717, 1.165) is 16.8 Å². The van der Waals surface area contributed by atoms with Gasteiger partial charge >= 0.3 is 6.18 Å². The van der Waals surface area contributed by atoms with E-state index in [1.807, 2.05) is 35.8 Å². The normalized spacial score (nSPS) is 11.5. The summed E-state index contributed by atoms with van der Waals surface area (Å²) >= 11 is 1.28. The third-order valence-corrected chi connectivity index (χ3v) is 5.15. The van der Waals surface area contributed by atoms with E-state index >= 15 is 0 Å². The van der Waals surface area contributed by atoms with Gasteiger partial charge < -0.3 is 10.1 Å². The molecule has 0 saturated heterocycles. The minimum atomic E-state index is -4.34. The number of hydrogen-bond donors (Lipinski definition) is 1. The Hall–Kier alpha value is -2.85. The van der Waals surface area contributed by atoms with Gasteiger partial charge in [-0.15, -0.1) is 10.2 Å². The maximum absolute atomic E-state index is 12.2. The Kier molecular flexibility index (Phi) is 7.69. The second-order valence-corrected chi connectivity index (χ2v) is 7.75. The number of thioether (sulfide) groups is 1. The van der Waals surface area contributed by atoms with E-state index in [1.54, 1.807) is 30.6 Å². The highest BCUT2D eigenvalue weighted by Crippen LogP contribution is 2.20. The van der Waals surface area contributed by atoms with E-state index in [-0.39, 0.29) is 18.3 Å². The maximum atomic E-state index is 12.2. The Bertz CT molecular complexity index is 989. The number of aryl methyl sites for hydroxylation is 1. The average Bonchev–Trinajstić information content (AvgIpc) is 3.20. The van der Waals surface area contributed by atoms with E-state index in [0.29, 0.717) is 17.3 Å². The van der Waals surface area contributed by atoms with Gasteiger partial charge in [-0.1, -0.05) is 53.7 Å². The molecule has 6 nitrogen and oxygen atoms in total. The van der Waals surface area contributed by atoms with Crippen LogP contribution in [0.2, 0.25) is 0 Å². The summed E-state index contributed by atoms with van der Waals surface area (Å²) in [6, 6.07) is 14.7. The molecule has 0 unspecified atom stereocenters. The molecule has 0 fully saturated rings. The molecule has 0 radical (unpaired) electrons. The third-order valence-electron chi connectivity index (χ3n) is 4.21. The summed E-state index contributed by atoms with van der Waals surface area (Å²) in [5.41, 5.74) is 3.52. The largest absolute Gasteiger partial charge is 0.411 e. The first kappa shape index (κ1) is 22.8. The van der Waals surface area contributed by atoms with Crippen molar-refractivity contribution in [1.29, 1.82) is 0 Å². The predicted octanol–water partition coefficient (Wildman–Crippen LogP) is 4.06. The van der Waals surface area contributed by atoms with Gasteiger partial charge in [0.2, 0.25) is 5.91 Å². The lowest BCUT2D eigenvalue weighted by Gasteiger charge is -2.09. The van der Waals surface area contributed by atoms with Crippen LogP contribution in [0.1, 0.15) is 16.7 Å². The van der Waals surface area contributed by atoms with E-state index in [9.17, 15) is 18.0 Å². The molecular weight excluding hydrogens is 429 g/mol. The van der Waals surface area contributed by atoms with Gasteiger partial charge in [0.15, 0.2) is 5.16 Å². The molecule has 164 valence electrons. The number of nitrogens with zero attached hydrogens (tertiary/aromatic N) is 3. The molecule has 31 heavy (non-hydrogen) atoms. The summed E-state index contributed by atoms with van der Waals surface area (Å²) in [5.74, 6) is 0.00882. The number of carbonyl (C=O) groups is 1. The van der Waals surface area contributed by atoms with Crippen molar-refractivity contribution >= 4 is 17.7 Å². The number of carbonyl (C=O) groups excluding carboxylic acids is 1. The van der Waals surface area contributed by atoms with Gasteiger partial charge in [0.1, 0.15) is 12.9 Å². The first-order valence-corrected chi connectivity index (χ1v) is 10.4. The molecule has 1 N–H and O–H groups in total. The van der Waals surface area contributed by atoms with Gasteiger partial charge in [0.05, 0.1) is 12.4 Å². The van der Waals surface area contributed by atoms with Crippen LogP contribution in [0.3, 0.4) is 0 Å². The number of aromatic nitrogens is 3. The average molecular weight is 450 g/mol. The molecular formula is C21H21F3N4O2S. The molecule has 1 amide bonds. The SMILES string of the molecule is Cc1ccc(-n2cnnc2SCC(=O)NCc2ccc(COCC(F)(F)F)cc2)cc1. The summed E-state index contributed by atoms with van der Waals surface area (Å²) in [4.78, 5) is 12.2. The zero-order chi connectivity index (χ0) is 22.3. The fourth-order valence-corrected chi connectivity index (χ4v) is 3.38. The molecule has 3 aromatic rings. The van der Waals surface area contributed by atoms with Crippen molar-refractivity contribution in [3.63, 3.8) is 0 Å². The van der Waals surface area contributed by atoms with Crippen molar-refractivity contribution in [2.45, 2.75) is 31.4 Å². The molecule has 1 heterocycles. The number of alkyl halides is 3. The number of ether oxygens (including phenoxy) is 1. The number of halogens is 3. The standard InChI is InChI=1S/C21H21F3N4O2S/c1-15-2-8-18(9-3-15)28-14-26-27-20(28)31-12-19(29)25-10-16-4-6-17(7-5-16)11-30-13-21(22,23)24/h2-9,14H,10-13H2,1H3,(H,25,29). The van der Waals surface area contributed by atoms with Crippen LogP contribution in [-0.4, -0.2) is 39.2 Å². The van der Waals surface area contributed by atoms with Gasteiger partial charge in [-0.3, -0.25) is 9.36 Å². The monoisotopic (exact) mass is 450 g/mol. The highest BCUT2D eigenvalue weighted by molar-refractivity contribution is 7.99. The molecule has 1 aromatic heterocycles. The maximum Gasteiger partial charge on any atom is 0.411 e. The van der Waals surface area contributed by atoms with Crippen LogP contribution in [0.25, 0.3) is 5.69 Å². The summed E-state index contributed by atoms with van der Waals surface area (Å²) in [6.07, 6.45) is -2.74. The van der Waals surface area contributed by atoms with Gasteiger partial charge in [-0.05, 0) is 30.2 Å². The van der Waals surface area contributed by atoms with Crippen molar-refractivity contribution in [2.75, 3.05) is 12.4 Å². The zero-order valence-electron chi connectivity index (χ0n) is 16.7. The van der Waals surface area contributed by atoms with E-state index in [4.69, 9.17) is 0 Å². The first-order chi connectivity index (χ1) is 14.8. The Balaban J connectivity index is 1.44. The zero-order valence-corrected chi connectivity index (χ0v) is 17.5. The number of rotatable bonds is 9. The van der Waals surface area contributed by atoms with Gasteiger partial charge in [-0.2, -0.15) is 13.2 Å².